The van der Waals surface area contributed by atoms with Crippen molar-refractivity contribution in [2.75, 3.05) is 13.1 Å². The highest BCUT2D eigenvalue weighted by atomic mass is 19.1. The van der Waals surface area contributed by atoms with E-state index in [0.29, 0.717) is 24.2 Å². The summed E-state index contributed by atoms with van der Waals surface area (Å²) in [6, 6.07) is 13.6. The minimum absolute atomic E-state index is 0.0190. The molecule has 4 rings (SSSR count). The van der Waals surface area contributed by atoms with Crippen molar-refractivity contribution in [2.24, 2.45) is 0 Å². The van der Waals surface area contributed by atoms with Crippen LogP contribution in [0.3, 0.4) is 0 Å². The van der Waals surface area contributed by atoms with Gasteiger partial charge in [0.1, 0.15) is 5.82 Å². The Morgan fingerprint density at radius 3 is 2.58 bits per heavy atom. The van der Waals surface area contributed by atoms with E-state index in [9.17, 15) is 9.18 Å². The zero-order valence-electron chi connectivity index (χ0n) is 14.1. The number of carbonyl (C=O) groups is 1. The molecule has 1 aliphatic rings. The third-order valence-corrected chi connectivity index (χ3v) is 4.94. The molecule has 0 N–H and O–H groups in total. The van der Waals surface area contributed by atoms with Crippen LogP contribution in [0.4, 0.5) is 4.39 Å². The Hall–Kier alpha value is -3.20. The maximum atomic E-state index is 13.6. The summed E-state index contributed by atoms with van der Waals surface area (Å²) < 4.78 is 15.6. The van der Waals surface area contributed by atoms with Crippen LogP contribution in [0.5, 0.6) is 0 Å². The zero-order chi connectivity index (χ0) is 18.1. The number of nitrogens with zero attached hydrogens (tertiary/aromatic N) is 4. The van der Waals surface area contributed by atoms with Gasteiger partial charge in [-0.25, -0.2) is 9.37 Å². The molecule has 0 atom stereocenters. The summed E-state index contributed by atoms with van der Waals surface area (Å²) in [4.78, 5) is 18.8. The van der Waals surface area contributed by atoms with Crippen LogP contribution in [0.2, 0.25) is 0 Å². The number of carbonyl (C=O) groups excluding carboxylic acids is 1. The maximum absolute atomic E-state index is 13.6. The van der Waals surface area contributed by atoms with Gasteiger partial charge in [0.2, 0.25) is 0 Å². The molecular formula is C20H17FN4O. The third-order valence-electron chi connectivity index (χ3n) is 4.94. The van der Waals surface area contributed by atoms with E-state index in [1.54, 1.807) is 36.7 Å². The van der Waals surface area contributed by atoms with Crippen LogP contribution in [-0.4, -0.2) is 33.4 Å². The summed E-state index contributed by atoms with van der Waals surface area (Å²) in [5.41, 5.74) is 2.71. The number of likely N-dealkylation sites (tertiary alicyclic amines) is 1. The molecule has 0 radical (unpaired) electrons. The second kappa shape index (κ2) is 6.60. The van der Waals surface area contributed by atoms with E-state index in [4.69, 9.17) is 5.26 Å². The number of amides is 1. The quantitative estimate of drug-likeness (QED) is 0.712. The maximum Gasteiger partial charge on any atom is 0.253 e. The molecule has 0 saturated carbocycles. The van der Waals surface area contributed by atoms with E-state index in [2.05, 4.69) is 11.1 Å². The SMILES string of the molecule is N#Cc1ccc(C(=O)N2CCC(n3cnc4ccc(F)cc43)CC2)cc1. The van der Waals surface area contributed by atoms with Crippen molar-refractivity contribution in [3.63, 3.8) is 0 Å². The second-order valence-corrected chi connectivity index (χ2v) is 6.50. The van der Waals surface area contributed by atoms with Gasteiger partial charge in [0.15, 0.2) is 0 Å². The van der Waals surface area contributed by atoms with E-state index in [1.165, 1.54) is 12.1 Å². The van der Waals surface area contributed by atoms with Crippen LogP contribution in [0, 0.1) is 17.1 Å². The molecule has 6 heteroatoms. The van der Waals surface area contributed by atoms with Crippen molar-refractivity contribution in [2.45, 2.75) is 18.9 Å². The first-order valence-electron chi connectivity index (χ1n) is 8.57. The second-order valence-electron chi connectivity index (χ2n) is 6.50. The van der Waals surface area contributed by atoms with Crippen LogP contribution < -0.4 is 0 Å². The molecule has 3 aromatic rings. The van der Waals surface area contributed by atoms with Crippen molar-refractivity contribution in [1.82, 2.24) is 14.5 Å². The molecule has 130 valence electrons. The predicted molar refractivity (Wildman–Crippen MR) is 95.0 cm³/mol. The lowest BCUT2D eigenvalue weighted by molar-refractivity contribution is 0.0696. The van der Waals surface area contributed by atoms with Crippen LogP contribution in [0.15, 0.2) is 48.8 Å². The summed E-state index contributed by atoms with van der Waals surface area (Å²) in [7, 11) is 0. The van der Waals surface area contributed by atoms with Gasteiger partial charge in [0.05, 0.1) is 29.0 Å². The predicted octanol–water partition coefficient (Wildman–Crippen LogP) is 3.52. The monoisotopic (exact) mass is 348 g/mol. The lowest BCUT2D eigenvalue weighted by Gasteiger charge is -2.33. The number of halogens is 1. The average Bonchev–Trinajstić information content (AvgIpc) is 3.10. The molecule has 5 nitrogen and oxygen atoms in total. The topological polar surface area (TPSA) is 61.9 Å². The van der Waals surface area contributed by atoms with E-state index in [0.717, 1.165) is 23.9 Å². The van der Waals surface area contributed by atoms with Gasteiger partial charge in [-0.05, 0) is 55.3 Å². The van der Waals surface area contributed by atoms with Gasteiger partial charge in [0, 0.05) is 24.7 Å². The Morgan fingerprint density at radius 1 is 1.15 bits per heavy atom. The molecule has 26 heavy (non-hydrogen) atoms. The number of rotatable bonds is 2. The van der Waals surface area contributed by atoms with E-state index in [-0.39, 0.29) is 17.8 Å². The smallest absolute Gasteiger partial charge is 0.253 e. The number of hydrogen-bond acceptors (Lipinski definition) is 3. The zero-order valence-corrected chi connectivity index (χ0v) is 14.1. The summed E-state index contributed by atoms with van der Waals surface area (Å²) in [5.74, 6) is -0.290. The molecule has 1 aliphatic heterocycles. The number of nitriles is 1. The molecule has 1 aromatic heterocycles. The van der Waals surface area contributed by atoms with Crippen molar-refractivity contribution in [3.05, 3.63) is 65.7 Å². The molecule has 2 aromatic carbocycles. The fourth-order valence-corrected chi connectivity index (χ4v) is 3.51. The van der Waals surface area contributed by atoms with Gasteiger partial charge >= 0.3 is 0 Å². The number of imidazole rings is 1. The Balaban J connectivity index is 1.47. The van der Waals surface area contributed by atoms with Gasteiger partial charge in [-0.3, -0.25) is 4.79 Å². The largest absolute Gasteiger partial charge is 0.338 e. The van der Waals surface area contributed by atoms with Gasteiger partial charge in [-0.1, -0.05) is 0 Å². The highest BCUT2D eigenvalue weighted by Gasteiger charge is 2.25. The van der Waals surface area contributed by atoms with E-state index in [1.807, 2.05) is 9.47 Å². The van der Waals surface area contributed by atoms with Gasteiger partial charge in [-0.2, -0.15) is 5.26 Å². The molecule has 1 fully saturated rings. The van der Waals surface area contributed by atoms with E-state index < -0.39 is 0 Å². The first kappa shape index (κ1) is 16.3. The molecule has 0 unspecified atom stereocenters. The fraction of sp³-hybridized carbons (Fsp3) is 0.250. The minimum Gasteiger partial charge on any atom is -0.338 e. The van der Waals surface area contributed by atoms with Crippen molar-refractivity contribution < 1.29 is 9.18 Å². The van der Waals surface area contributed by atoms with Crippen molar-refractivity contribution in [1.29, 1.82) is 5.26 Å². The molecule has 1 saturated heterocycles. The molecule has 0 spiro atoms. The van der Waals surface area contributed by atoms with Crippen LogP contribution in [-0.2, 0) is 0 Å². The van der Waals surface area contributed by atoms with Crippen molar-refractivity contribution in [3.8, 4) is 6.07 Å². The minimum atomic E-state index is -0.271. The first-order chi connectivity index (χ1) is 12.7. The van der Waals surface area contributed by atoms with Crippen LogP contribution in [0.25, 0.3) is 11.0 Å². The van der Waals surface area contributed by atoms with Crippen LogP contribution >= 0.6 is 0 Å². The lowest BCUT2D eigenvalue weighted by atomic mass is 10.0. The average molecular weight is 348 g/mol. The Kier molecular flexibility index (Phi) is 4.13. The lowest BCUT2D eigenvalue weighted by Crippen LogP contribution is -2.39. The fourth-order valence-electron chi connectivity index (χ4n) is 3.51. The van der Waals surface area contributed by atoms with Crippen LogP contribution in [0.1, 0.15) is 34.8 Å². The highest BCUT2D eigenvalue weighted by molar-refractivity contribution is 5.94. The molecule has 0 aliphatic carbocycles. The molecule has 1 amide bonds. The number of aromatic nitrogens is 2. The van der Waals surface area contributed by atoms with E-state index >= 15 is 0 Å². The number of fused-ring (bicyclic) bond motifs is 1. The van der Waals surface area contributed by atoms with Gasteiger partial charge in [0.25, 0.3) is 5.91 Å². The summed E-state index contributed by atoms with van der Waals surface area (Å²) in [5, 5.41) is 8.85. The first-order valence-corrected chi connectivity index (χ1v) is 8.57. The molecule has 2 heterocycles. The Labute approximate surface area is 150 Å². The summed E-state index contributed by atoms with van der Waals surface area (Å²) in [6.45, 7) is 1.27. The Bertz CT molecular complexity index is 995. The number of hydrogen-bond donors (Lipinski definition) is 0. The summed E-state index contributed by atoms with van der Waals surface area (Å²) in [6.07, 6.45) is 3.35. The van der Waals surface area contributed by atoms with Gasteiger partial charge in [-0.15, -0.1) is 0 Å². The standard InChI is InChI=1S/C20H17FN4O/c21-16-5-6-18-19(11-16)25(13-23-18)17-7-9-24(10-8-17)20(26)15-3-1-14(12-22)2-4-15/h1-6,11,13,17H,7-10H2. The summed E-state index contributed by atoms with van der Waals surface area (Å²) >= 11 is 0. The number of benzene rings is 2. The molecular weight excluding hydrogens is 331 g/mol. The van der Waals surface area contributed by atoms with Gasteiger partial charge < -0.3 is 9.47 Å². The normalized spacial score (nSPS) is 15.2. The Morgan fingerprint density at radius 2 is 1.88 bits per heavy atom. The third kappa shape index (κ3) is 2.93. The highest BCUT2D eigenvalue weighted by Crippen LogP contribution is 2.27. The molecule has 0 bridgehead atoms. The van der Waals surface area contributed by atoms with Crippen molar-refractivity contribution >= 4 is 16.9 Å². The number of piperidine rings is 1.